The maximum absolute atomic E-state index is 13.6. The van der Waals surface area contributed by atoms with E-state index in [9.17, 15) is 13.2 Å². The summed E-state index contributed by atoms with van der Waals surface area (Å²) in [5.41, 5.74) is 2.80. The third kappa shape index (κ3) is 5.53. The van der Waals surface area contributed by atoms with E-state index in [1.807, 2.05) is 50.5 Å². The molecule has 0 saturated carbocycles. The number of rotatable bonds is 8. The van der Waals surface area contributed by atoms with Gasteiger partial charge in [0.1, 0.15) is 5.52 Å². The predicted molar refractivity (Wildman–Crippen MR) is 158 cm³/mol. The molecule has 1 aliphatic heterocycles. The van der Waals surface area contributed by atoms with Crippen LogP contribution in [0, 0.1) is 0 Å². The van der Waals surface area contributed by atoms with E-state index in [-0.39, 0.29) is 23.2 Å². The summed E-state index contributed by atoms with van der Waals surface area (Å²) in [5, 5.41) is 1.11. The third-order valence-corrected chi connectivity index (χ3v) is 9.53. The van der Waals surface area contributed by atoms with Crippen LogP contribution in [0.3, 0.4) is 0 Å². The normalized spacial score (nSPS) is 13.0. The van der Waals surface area contributed by atoms with Crippen molar-refractivity contribution in [1.29, 1.82) is 0 Å². The number of sulfonamides is 1. The number of anilines is 2. The largest absolute Gasteiger partial charge is 0.309 e. The molecule has 0 N–H and O–H groups in total. The van der Waals surface area contributed by atoms with Crippen LogP contribution in [0.15, 0.2) is 71.6 Å². The second-order valence-corrected chi connectivity index (χ2v) is 12.5. The van der Waals surface area contributed by atoms with Crippen molar-refractivity contribution in [2.45, 2.75) is 17.7 Å². The summed E-state index contributed by atoms with van der Waals surface area (Å²) in [6, 6.07) is 19.3. The first-order valence-corrected chi connectivity index (χ1v) is 14.6. The third-order valence-electron chi connectivity index (χ3n) is 6.36. The molecule has 0 saturated heterocycles. The highest BCUT2D eigenvalue weighted by atomic mass is 35.5. The van der Waals surface area contributed by atoms with Gasteiger partial charge in [-0.1, -0.05) is 47.2 Å². The Labute approximate surface area is 238 Å². The van der Waals surface area contributed by atoms with Gasteiger partial charge in [0.05, 0.1) is 20.3 Å². The minimum absolute atomic E-state index is 0. The topological polar surface area (TPSA) is 73.8 Å². The fraction of sp³-hybridized carbons (Fsp3) is 0.259. The Morgan fingerprint density at radius 2 is 1.76 bits per heavy atom. The molecule has 2 heterocycles. The van der Waals surface area contributed by atoms with Crippen LogP contribution >= 0.6 is 35.3 Å². The minimum atomic E-state index is -3.73. The molecule has 11 heteroatoms. The smallest absolute Gasteiger partial charge is 0.264 e. The fourth-order valence-corrected chi connectivity index (χ4v) is 7.25. The van der Waals surface area contributed by atoms with E-state index in [1.165, 1.54) is 27.8 Å². The first-order chi connectivity index (χ1) is 17.8. The van der Waals surface area contributed by atoms with Crippen LogP contribution in [0.2, 0.25) is 5.02 Å². The van der Waals surface area contributed by atoms with Crippen LogP contribution in [0.1, 0.15) is 22.3 Å². The molecule has 0 fully saturated rings. The number of hydrogen-bond donors (Lipinski definition) is 0. The lowest BCUT2D eigenvalue weighted by Gasteiger charge is -2.22. The van der Waals surface area contributed by atoms with Crippen LogP contribution in [0.5, 0.6) is 0 Å². The van der Waals surface area contributed by atoms with Crippen molar-refractivity contribution in [3.8, 4) is 0 Å². The molecule has 7 nitrogen and oxygen atoms in total. The highest BCUT2D eigenvalue weighted by Crippen LogP contribution is 2.35. The molecule has 0 aliphatic carbocycles. The molecule has 5 rings (SSSR count). The van der Waals surface area contributed by atoms with Gasteiger partial charge in [0.15, 0.2) is 5.13 Å². The van der Waals surface area contributed by atoms with Gasteiger partial charge in [0.25, 0.3) is 15.9 Å². The van der Waals surface area contributed by atoms with Gasteiger partial charge >= 0.3 is 0 Å². The summed E-state index contributed by atoms with van der Waals surface area (Å²) in [4.78, 5) is 22.2. The Hall–Kier alpha value is -2.69. The summed E-state index contributed by atoms with van der Waals surface area (Å²) in [5.74, 6) is -0.232. The number of thiazole rings is 1. The molecule has 1 amide bonds. The second-order valence-electron chi connectivity index (χ2n) is 9.18. The molecule has 3 aromatic carbocycles. The average molecular weight is 592 g/mol. The molecule has 0 unspecified atom stereocenters. The summed E-state index contributed by atoms with van der Waals surface area (Å²) >= 11 is 7.75. The molecule has 1 aromatic heterocycles. The van der Waals surface area contributed by atoms with E-state index in [0.717, 1.165) is 23.2 Å². The molecule has 1 aliphatic rings. The Morgan fingerprint density at radius 1 is 1.03 bits per heavy atom. The van der Waals surface area contributed by atoms with Crippen molar-refractivity contribution in [3.05, 3.63) is 82.9 Å². The summed E-state index contributed by atoms with van der Waals surface area (Å²) in [6.45, 7) is 1.69. The number of aromatic nitrogens is 1. The zero-order valence-electron chi connectivity index (χ0n) is 21.0. The van der Waals surface area contributed by atoms with Crippen molar-refractivity contribution >= 4 is 72.3 Å². The SMILES string of the molecule is CN(C)CCCN(C(=O)c1ccc(S(=O)(=O)N2CCc3ccccc32)cc1)c1nc2c(Cl)cccc2s1.Cl. The van der Waals surface area contributed by atoms with Crippen molar-refractivity contribution in [2.75, 3.05) is 42.9 Å². The first kappa shape index (κ1) is 28.3. The van der Waals surface area contributed by atoms with Crippen molar-refractivity contribution in [1.82, 2.24) is 9.88 Å². The van der Waals surface area contributed by atoms with Crippen molar-refractivity contribution < 1.29 is 13.2 Å². The Morgan fingerprint density at radius 3 is 2.47 bits per heavy atom. The number of amides is 1. The highest BCUT2D eigenvalue weighted by molar-refractivity contribution is 7.92. The van der Waals surface area contributed by atoms with Gasteiger partial charge in [-0.3, -0.25) is 14.0 Å². The number of hydrogen-bond acceptors (Lipinski definition) is 6. The standard InChI is InChI=1S/C27H27ClN4O3S2.ClH/c1-30(2)16-6-17-31(27-29-25-22(28)8-5-10-24(25)36-27)26(33)20-11-13-21(14-12-20)37(34,35)32-18-15-19-7-3-4-9-23(19)32;/h3-5,7-14H,6,15-18H2,1-2H3;1H. The fourth-order valence-electron chi connectivity index (χ4n) is 4.46. The van der Waals surface area contributed by atoms with Crippen molar-refractivity contribution in [3.63, 3.8) is 0 Å². The van der Waals surface area contributed by atoms with Crippen molar-refractivity contribution in [2.24, 2.45) is 0 Å². The summed E-state index contributed by atoms with van der Waals surface area (Å²) in [6.07, 6.45) is 1.43. The van der Waals surface area contributed by atoms with Gasteiger partial charge in [-0.2, -0.15) is 0 Å². The number of fused-ring (bicyclic) bond motifs is 2. The van der Waals surface area contributed by atoms with Crippen LogP contribution in [0.25, 0.3) is 10.2 Å². The maximum Gasteiger partial charge on any atom is 0.264 e. The molecule has 0 radical (unpaired) electrons. The Bertz CT molecular complexity index is 1560. The van der Waals surface area contributed by atoms with E-state index in [2.05, 4.69) is 9.88 Å². The van der Waals surface area contributed by atoms with E-state index >= 15 is 0 Å². The first-order valence-electron chi connectivity index (χ1n) is 12.0. The van der Waals surface area contributed by atoms with Crippen LogP contribution in [-0.4, -0.2) is 57.9 Å². The van der Waals surface area contributed by atoms with E-state index in [4.69, 9.17) is 11.6 Å². The lowest BCUT2D eigenvalue weighted by Crippen LogP contribution is -2.33. The molecule has 200 valence electrons. The van der Waals surface area contributed by atoms with E-state index < -0.39 is 10.0 Å². The number of para-hydroxylation sites is 2. The predicted octanol–water partition coefficient (Wildman–Crippen LogP) is 5.72. The monoisotopic (exact) mass is 590 g/mol. The lowest BCUT2D eigenvalue weighted by molar-refractivity contribution is 0.0986. The molecular weight excluding hydrogens is 563 g/mol. The Kier molecular flexibility index (Phi) is 8.64. The van der Waals surface area contributed by atoms with E-state index in [1.54, 1.807) is 23.1 Å². The lowest BCUT2D eigenvalue weighted by atomic mass is 10.2. The quantitative estimate of drug-likeness (QED) is 0.262. The number of carbonyl (C=O) groups excluding carboxylic acids is 1. The molecule has 38 heavy (non-hydrogen) atoms. The number of benzene rings is 3. The zero-order chi connectivity index (χ0) is 26.2. The number of halogens is 2. The summed E-state index contributed by atoms with van der Waals surface area (Å²) < 4.78 is 29.1. The highest BCUT2D eigenvalue weighted by Gasteiger charge is 2.31. The minimum Gasteiger partial charge on any atom is -0.309 e. The van der Waals surface area contributed by atoms with Crippen LogP contribution < -0.4 is 9.21 Å². The van der Waals surface area contributed by atoms with Gasteiger partial charge < -0.3 is 4.90 Å². The summed E-state index contributed by atoms with van der Waals surface area (Å²) in [7, 11) is 0.240. The van der Waals surface area contributed by atoms with Gasteiger partial charge in [0, 0.05) is 18.7 Å². The zero-order valence-corrected chi connectivity index (χ0v) is 24.2. The van der Waals surface area contributed by atoms with E-state index in [0.29, 0.717) is 46.4 Å². The van der Waals surface area contributed by atoms with Gasteiger partial charge in [-0.25, -0.2) is 13.4 Å². The van der Waals surface area contributed by atoms with Gasteiger partial charge in [-0.05, 0) is 81.5 Å². The number of carbonyl (C=O) groups is 1. The molecule has 0 spiro atoms. The molecular formula is C27H28Cl2N4O3S2. The maximum atomic E-state index is 13.6. The molecule has 4 aromatic rings. The Balaban J connectivity index is 0.00000336. The second kappa shape index (κ2) is 11.6. The van der Waals surface area contributed by atoms with Crippen LogP contribution in [-0.2, 0) is 16.4 Å². The van der Waals surface area contributed by atoms with Gasteiger partial charge in [0.2, 0.25) is 0 Å². The van der Waals surface area contributed by atoms with Gasteiger partial charge in [-0.15, -0.1) is 12.4 Å². The molecule has 0 atom stereocenters. The van der Waals surface area contributed by atoms with Crippen LogP contribution in [0.4, 0.5) is 10.8 Å². The number of nitrogens with zero attached hydrogens (tertiary/aromatic N) is 4. The molecule has 0 bridgehead atoms. The average Bonchev–Trinajstić information content (AvgIpc) is 3.52.